The Kier molecular flexibility index (Phi) is 6.15. The van der Waals surface area contributed by atoms with E-state index in [9.17, 15) is 9.18 Å². The van der Waals surface area contributed by atoms with Crippen molar-refractivity contribution in [2.24, 2.45) is 0 Å². The average Bonchev–Trinajstić information content (AvgIpc) is 2.70. The Bertz CT molecular complexity index is 766. The number of carbonyl (C=O) groups is 1. The molecule has 1 aliphatic rings. The summed E-state index contributed by atoms with van der Waals surface area (Å²) in [5.74, 6) is 0.360. The van der Waals surface area contributed by atoms with Crippen LogP contribution in [-0.2, 0) is 10.2 Å². The SMILES string of the molecule is CC[C@@H](C)Oc1ccc(NC(=O)C2(c3ccccc3F)CCCCC2)cc1. The van der Waals surface area contributed by atoms with Gasteiger partial charge < -0.3 is 10.1 Å². The minimum absolute atomic E-state index is 0.122. The number of anilines is 1. The second-order valence-corrected chi connectivity index (χ2v) is 7.44. The van der Waals surface area contributed by atoms with Crippen LogP contribution in [0.3, 0.4) is 0 Å². The Balaban J connectivity index is 1.80. The number of rotatable bonds is 6. The number of hydrogen-bond acceptors (Lipinski definition) is 2. The van der Waals surface area contributed by atoms with Crippen molar-refractivity contribution in [2.45, 2.75) is 63.9 Å². The molecule has 0 saturated heterocycles. The summed E-state index contributed by atoms with van der Waals surface area (Å²) in [5.41, 5.74) is 0.423. The first-order valence-corrected chi connectivity index (χ1v) is 9.88. The smallest absolute Gasteiger partial charge is 0.235 e. The van der Waals surface area contributed by atoms with Gasteiger partial charge in [-0.25, -0.2) is 4.39 Å². The van der Waals surface area contributed by atoms with Gasteiger partial charge in [0, 0.05) is 11.3 Å². The Morgan fingerprint density at radius 3 is 2.41 bits per heavy atom. The fourth-order valence-electron chi connectivity index (χ4n) is 3.81. The molecule has 2 aromatic carbocycles. The highest BCUT2D eigenvalue weighted by Gasteiger charge is 2.42. The van der Waals surface area contributed by atoms with Crippen molar-refractivity contribution in [3.05, 3.63) is 59.9 Å². The number of halogens is 1. The quantitative estimate of drug-likeness (QED) is 0.694. The van der Waals surface area contributed by atoms with Crippen LogP contribution < -0.4 is 10.1 Å². The van der Waals surface area contributed by atoms with Crippen LogP contribution in [-0.4, -0.2) is 12.0 Å². The molecule has 0 heterocycles. The van der Waals surface area contributed by atoms with E-state index in [1.807, 2.05) is 37.3 Å². The number of hydrogen-bond donors (Lipinski definition) is 1. The molecule has 2 aromatic rings. The molecule has 1 N–H and O–H groups in total. The summed E-state index contributed by atoms with van der Waals surface area (Å²) < 4.78 is 20.3. The maximum Gasteiger partial charge on any atom is 0.235 e. The molecule has 1 atom stereocenters. The van der Waals surface area contributed by atoms with Crippen LogP contribution in [0.15, 0.2) is 48.5 Å². The van der Waals surface area contributed by atoms with Gasteiger partial charge in [0.25, 0.3) is 0 Å². The molecule has 0 bridgehead atoms. The van der Waals surface area contributed by atoms with E-state index < -0.39 is 5.41 Å². The van der Waals surface area contributed by atoms with Crippen LogP contribution in [0.1, 0.15) is 57.9 Å². The molecular formula is C23H28FNO2. The van der Waals surface area contributed by atoms with Gasteiger partial charge in [-0.2, -0.15) is 0 Å². The van der Waals surface area contributed by atoms with Crippen LogP contribution >= 0.6 is 0 Å². The molecule has 1 amide bonds. The average molecular weight is 369 g/mol. The van der Waals surface area contributed by atoms with Crippen LogP contribution in [0.25, 0.3) is 0 Å². The molecule has 1 saturated carbocycles. The van der Waals surface area contributed by atoms with Crippen LogP contribution in [0.2, 0.25) is 0 Å². The van der Waals surface area contributed by atoms with Crippen LogP contribution in [0.4, 0.5) is 10.1 Å². The van der Waals surface area contributed by atoms with Gasteiger partial charge in [0.15, 0.2) is 0 Å². The molecule has 1 aliphatic carbocycles. The molecule has 0 unspecified atom stereocenters. The fourth-order valence-corrected chi connectivity index (χ4v) is 3.81. The molecule has 0 aromatic heterocycles. The Labute approximate surface area is 160 Å². The van der Waals surface area contributed by atoms with Gasteiger partial charge in [0.2, 0.25) is 5.91 Å². The number of ether oxygens (including phenoxy) is 1. The number of benzene rings is 2. The molecular weight excluding hydrogens is 341 g/mol. The molecule has 3 nitrogen and oxygen atoms in total. The summed E-state index contributed by atoms with van der Waals surface area (Å²) in [6, 6.07) is 14.1. The Hall–Kier alpha value is -2.36. The highest BCUT2D eigenvalue weighted by atomic mass is 19.1. The zero-order valence-corrected chi connectivity index (χ0v) is 16.1. The first-order chi connectivity index (χ1) is 13.0. The van der Waals surface area contributed by atoms with Gasteiger partial charge in [-0.05, 0) is 56.5 Å². The third-order valence-corrected chi connectivity index (χ3v) is 5.56. The van der Waals surface area contributed by atoms with Crippen molar-refractivity contribution in [1.29, 1.82) is 0 Å². The van der Waals surface area contributed by atoms with Crippen molar-refractivity contribution >= 4 is 11.6 Å². The van der Waals surface area contributed by atoms with Gasteiger partial charge in [-0.1, -0.05) is 44.4 Å². The molecule has 4 heteroatoms. The summed E-state index contributed by atoms with van der Waals surface area (Å²) in [4.78, 5) is 13.2. The first-order valence-electron chi connectivity index (χ1n) is 9.88. The maximum absolute atomic E-state index is 14.5. The third-order valence-electron chi connectivity index (χ3n) is 5.56. The predicted molar refractivity (Wildman–Crippen MR) is 107 cm³/mol. The lowest BCUT2D eigenvalue weighted by Gasteiger charge is -2.36. The highest BCUT2D eigenvalue weighted by Crippen LogP contribution is 2.41. The van der Waals surface area contributed by atoms with E-state index in [0.717, 1.165) is 31.4 Å². The van der Waals surface area contributed by atoms with Crippen molar-refractivity contribution in [3.63, 3.8) is 0 Å². The van der Waals surface area contributed by atoms with Gasteiger partial charge in [0.05, 0.1) is 11.5 Å². The van der Waals surface area contributed by atoms with E-state index in [1.54, 1.807) is 12.1 Å². The monoisotopic (exact) mass is 369 g/mol. The predicted octanol–water partition coefficient (Wildman–Crippen LogP) is 5.84. The van der Waals surface area contributed by atoms with E-state index in [2.05, 4.69) is 12.2 Å². The fraction of sp³-hybridized carbons (Fsp3) is 0.435. The molecule has 3 rings (SSSR count). The lowest BCUT2D eigenvalue weighted by Crippen LogP contribution is -2.42. The van der Waals surface area contributed by atoms with Crippen LogP contribution in [0.5, 0.6) is 5.75 Å². The van der Waals surface area contributed by atoms with Gasteiger partial charge in [-0.3, -0.25) is 4.79 Å². The van der Waals surface area contributed by atoms with Crippen molar-refractivity contribution in [1.82, 2.24) is 0 Å². The Morgan fingerprint density at radius 1 is 1.11 bits per heavy atom. The standard InChI is InChI=1S/C23H28FNO2/c1-3-17(2)27-19-13-11-18(12-14-19)25-22(26)23(15-7-4-8-16-23)20-9-5-6-10-21(20)24/h5-6,9-14,17H,3-4,7-8,15-16H2,1-2H3,(H,25,26)/t17-/m1/s1. The van der Waals surface area contributed by atoms with Gasteiger partial charge in [-0.15, -0.1) is 0 Å². The van der Waals surface area contributed by atoms with Crippen LogP contribution in [0, 0.1) is 5.82 Å². The number of nitrogens with one attached hydrogen (secondary N) is 1. The maximum atomic E-state index is 14.5. The molecule has 27 heavy (non-hydrogen) atoms. The molecule has 0 radical (unpaired) electrons. The van der Waals surface area contributed by atoms with Crippen molar-refractivity contribution in [2.75, 3.05) is 5.32 Å². The normalized spacial score (nSPS) is 17.1. The van der Waals surface area contributed by atoms with Gasteiger partial charge in [0.1, 0.15) is 11.6 Å². The summed E-state index contributed by atoms with van der Waals surface area (Å²) >= 11 is 0. The zero-order valence-electron chi connectivity index (χ0n) is 16.1. The Morgan fingerprint density at radius 2 is 1.78 bits per heavy atom. The van der Waals surface area contributed by atoms with E-state index in [4.69, 9.17) is 4.74 Å². The topological polar surface area (TPSA) is 38.3 Å². The summed E-state index contributed by atoms with van der Waals surface area (Å²) in [6.07, 6.45) is 5.39. The summed E-state index contributed by atoms with van der Waals surface area (Å²) in [6.45, 7) is 4.10. The molecule has 0 spiro atoms. The summed E-state index contributed by atoms with van der Waals surface area (Å²) in [7, 11) is 0. The van der Waals surface area contributed by atoms with E-state index in [-0.39, 0.29) is 17.8 Å². The second kappa shape index (κ2) is 8.55. The van der Waals surface area contributed by atoms with E-state index >= 15 is 0 Å². The zero-order chi connectivity index (χ0) is 19.3. The van der Waals surface area contributed by atoms with Crippen molar-refractivity contribution in [3.8, 4) is 5.75 Å². The number of carbonyl (C=O) groups excluding carboxylic acids is 1. The lowest BCUT2D eigenvalue weighted by molar-refractivity contribution is -0.122. The third kappa shape index (κ3) is 4.32. The minimum atomic E-state index is -0.796. The second-order valence-electron chi connectivity index (χ2n) is 7.44. The molecule has 144 valence electrons. The molecule has 0 aliphatic heterocycles. The molecule has 1 fully saturated rings. The minimum Gasteiger partial charge on any atom is -0.491 e. The van der Waals surface area contributed by atoms with E-state index in [1.165, 1.54) is 6.07 Å². The van der Waals surface area contributed by atoms with E-state index in [0.29, 0.717) is 24.1 Å². The number of amides is 1. The van der Waals surface area contributed by atoms with Crippen molar-refractivity contribution < 1.29 is 13.9 Å². The largest absolute Gasteiger partial charge is 0.491 e. The summed E-state index contributed by atoms with van der Waals surface area (Å²) in [5, 5.41) is 3.01. The van der Waals surface area contributed by atoms with Gasteiger partial charge >= 0.3 is 0 Å². The first kappa shape index (κ1) is 19.4. The lowest BCUT2D eigenvalue weighted by atomic mass is 9.68. The highest BCUT2D eigenvalue weighted by molar-refractivity contribution is 5.99.